The molecule has 5 heteroatoms. The second-order valence-corrected chi connectivity index (χ2v) is 5.07. The lowest BCUT2D eigenvalue weighted by Crippen LogP contribution is -2.31. The largest absolute Gasteiger partial charge is 0.459 e. The van der Waals surface area contributed by atoms with Crippen LogP contribution < -0.4 is 11.3 Å². The number of hydrogen-bond donors (Lipinski definition) is 2. The molecule has 0 aliphatic rings. The zero-order chi connectivity index (χ0) is 15.0. The van der Waals surface area contributed by atoms with Crippen LogP contribution in [-0.2, 0) is 6.54 Å². The number of aromatic nitrogens is 1. The lowest BCUT2D eigenvalue weighted by molar-refractivity contribution is 0.0945. The standard InChI is InChI=1S/C16H17N3O2/c1-10-11(2)21-14-8-13(16(20)18-17)19(15(10)14)9-12-6-4-3-5-7-12/h3-8H,9,17H2,1-2H3,(H,18,20). The van der Waals surface area contributed by atoms with Crippen molar-refractivity contribution in [2.24, 2.45) is 5.84 Å². The zero-order valence-corrected chi connectivity index (χ0v) is 12.0. The Balaban J connectivity index is 2.18. The van der Waals surface area contributed by atoms with Crippen LogP contribution in [0.2, 0.25) is 0 Å². The molecular weight excluding hydrogens is 266 g/mol. The second-order valence-electron chi connectivity index (χ2n) is 5.07. The fourth-order valence-corrected chi connectivity index (χ4v) is 2.59. The van der Waals surface area contributed by atoms with Crippen molar-refractivity contribution in [2.45, 2.75) is 20.4 Å². The van der Waals surface area contributed by atoms with E-state index in [0.717, 1.165) is 22.4 Å². The number of carbonyl (C=O) groups is 1. The number of nitrogens with zero attached hydrogens (tertiary/aromatic N) is 1. The predicted molar refractivity (Wildman–Crippen MR) is 80.9 cm³/mol. The number of nitrogens with two attached hydrogens (primary N) is 1. The first-order valence-corrected chi connectivity index (χ1v) is 6.76. The Morgan fingerprint density at radius 3 is 2.67 bits per heavy atom. The third kappa shape index (κ3) is 2.21. The summed E-state index contributed by atoms with van der Waals surface area (Å²) < 4.78 is 7.65. The lowest BCUT2D eigenvalue weighted by atomic mass is 10.2. The Morgan fingerprint density at radius 1 is 1.29 bits per heavy atom. The highest BCUT2D eigenvalue weighted by molar-refractivity contribution is 5.98. The summed E-state index contributed by atoms with van der Waals surface area (Å²) in [5.74, 6) is 5.82. The van der Waals surface area contributed by atoms with E-state index in [1.165, 1.54) is 0 Å². The SMILES string of the molecule is Cc1oc2cc(C(=O)NN)n(Cc3ccccc3)c2c1C. The summed E-state index contributed by atoms with van der Waals surface area (Å²) in [5, 5.41) is 0. The maximum absolute atomic E-state index is 12.0. The van der Waals surface area contributed by atoms with Gasteiger partial charge in [0.2, 0.25) is 0 Å². The maximum Gasteiger partial charge on any atom is 0.281 e. The molecule has 108 valence electrons. The van der Waals surface area contributed by atoms with Crippen molar-refractivity contribution in [3.63, 3.8) is 0 Å². The van der Waals surface area contributed by atoms with Crippen LogP contribution in [-0.4, -0.2) is 10.5 Å². The number of carbonyl (C=O) groups excluding carboxylic acids is 1. The summed E-state index contributed by atoms with van der Waals surface area (Å²) in [5.41, 5.74) is 6.49. The normalized spacial score (nSPS) is 11.0. The molecule has 0 saturated carbocycles. The van der Waals surface area contributed by atoms with Crippen LogP contribution in [0.25, 0.3) is 11.1 Å². The van der Waals surface area contributed by atoms with Crippen LogP contribution >= 0.6 is 0 Å². The number of fused-ring (bicyclic) bond motifs is 1. The molecule has 3 aromatic rings. The van der Waals surface area contributed by atoms with E-state index in [-0.39, 0.29) is 5.91 Å². The van der Waals surface area contributed by atoms with E-state index in [1.807, 2.05) is 48.7 Å². The van der Waals surface area contributed by atoms with Crippen LogP contribution in [0.15, 0.2) is 40.8 Å². The number of benzene rings is 1. The van der Waals surface area contributed by atoms with Crippen molar-refractivity contribution in [2.75, 3.05) is 0 Å². The number of furan rings is 1. The number of nitrogen functional groups attached to an aromatic ring is 1. The van der Waals surface area contributed by atoms with Crippen LogP contribution in [0.4, 0.5) is 0 Å². The number of hydrazine groups is 1. The van der Waals surface area contributed by atoms with E-state index in [0.29, 0.717) is 17.8 Å². The van der Waals surface area contributed by atoms with Crippen molar-refractivity contribution < 1.29 is 9.21 Å². The van der Waals surface area contributed by atoms with E-state index in [4.69, 9.17) is 10.3 Å². The van der Waals surface area contributed by atoms with E-state index >= 15 is 0 Å². The van der Waals surface area contributed by atoms with E-state index in [1.54, 1.807) is 6.07 Å². The molecule has 0 radical (unpaired) electrons. The minimum absolute atomic E-state index is 0.325. The Kier molecular flexibility index (Phi) is 3.27. The van der Waals surface area contributed by atoms with Gasteiger partial charge in [-0.1, -0.05) is 30.3 Å². The molecule has 21 heavy (non-hydrogen) atoms. The number of amides is 1. The molecule has 3 N–H and O–H groups in total. The van der Waals surface area contributed by atoms with E-state index in [2.05, 4.69) is 5.43 Å². The first-order valence-electron chi connectivity index (χ1n) is 6.76. The van der Waals surface area contributed by atoms with Gasteiger partial charge in [0.1, 0.15) is 11.5 Å². The van der Waals surface area contributed by atoms with E-state index in [9.17, 15) is 4.79 Å². The van der Waals surface area contributed by atoms with Crippen LogP contribution in [0.3, 0.4) is 0 Å². The summed E-state index contributed by atoms with van der Waals surface area (Å²) in [6.07, 6.45) is 0. The minimum atomic E-state index is -0.325. The van der Waals surface area contributed by atoms with Gasteiger partial charge in [-0.05, 0) is 19.4 Å². The molecule has 0 unspecified atom stereocenters. The first-order chi connectivity index (χ1) is 10.1. The third-order valence-corrected chi connectivity index (χ3v) is 3.76. The Hall–Kier alpha value is -2.53. The van der Waals surface area contributed by atoms with Crippen LogP contribution in [0, 0.1) is 13.8 Å². The molecule has 3 rings (SSSR count). The Morgan fingerprint density at radius 2 is 2.00 bits per heavy atom. The quantitative estimate of drug-likeness (QED) is 0.440. The Labute approximate surface area is 122 Å². The average molecular weight is 283 g/mol. The molecule has 0 bridgehead atoms. The lowest BCUT2D eigenvalue weighted by Gasteiger charge is -2.10. The molecular formula is C16H17N3O2. The molecule has 0 fully saturated rings. The van der Waals surface area contributed by atoms with Crippen molar-refractivity contribution in [1.29, 1.82) is 0 Å². The summed E-state index contributed by atoms with van der Waals surface area (Å²) in [7, 11) is 0. The molecule has 0 aliphatic heterocycles. The van der Waals surface area contributed by atoms with Gasteiger partial charge in [0.05, 0.1) is 5.52 Å². The predicted octanol–water partition coefficient (Wildman–Crippen LogP) is 2.50. The Bertz CT molecular complexity index is 800. The molecule has 2 aromatic heterocycles. The topological polar surface area (TPSA) is 73.2 Å². The average Bonchev–Trinajstić information content (AvgIpc) is 2.97. The van der Waals surface area contributed by atoms with Gasteiger partial charge in [0.15, 0.2) is 5.58 Å². The summed E-state index contributed by atoms with van der Waals surface area (Å²) >= 11 is 0. The van der Waals surface area contributed by atoms with Crippen molar-refractivity contribution in [3.8, 4) is 0 Å². The summed E-state index contributed by atoms with van der Waals surface area (Å²) in [4.78, 5) is 12.0. The van der Waals surface area contributed by atoms with Gasteiger partial charge < -0.3 is 8.98 Å². The number of rotatable bonds is 3. The molecule has 0 atom stereocenters. The third-order valence-electron chi connectivity index (χ3n) is 3.76. The van der Waals surface area contributed by atoms with Gasteiger partial charge in [-0.3, -0.25) is 10.2 Å². The zero-order valence-electron chi connectivity index (χ0n) is 12.0. The van der Waals surface area contributed by atoms with Gasteiger partial charge in [0.25, 0.3) is 5.91 Å². The van der Waals surface area contributed by atoms with Gasteiger partial charge in [-0.25, -0.2) is 5.84 Å². The highest BCUT2D eigenvalue weighted by Crippen LogP contribution is 2.29. The highest BCUT2D eigenvalue weighted by atomic mass is 16.3. The highest BCUT2D eigenvalue weighted by Gasteiger charge is 2.20. The molecule has 1 amide bonds. The van der Waals surface area contributed by atoms with Gasteiger partial charge in [-0.2, -0.15) is 0 Å². The van der Waals surface area contributed by atoms with Crippen LogP contribution in [0.5, 0.6) is 0 Å². The molecule has 0 aliphatic carbocycles. The second kappa shape index (κ2) is 5.10. The van der Waals surface area contributed by atoms with Crippen molar-refractivity contribution >= 4 is 17.0 Å². The maximum atomic E-state index is 12.0. The first kappa shape index (κ1) is 13.5. The smallest absolute Gasteiger partial charge is 0.281 e. The number of hydrogen-bond acceptors (Lipinski definition) is 3. The summed E-state index contributed by atoms with van der Waals surface area (Å²) in [6, 6.07) is 11.7. The fourth-order valence-electron chi connectivity index (χ4n) is 2.59. The fraction of sp³-hybridized carbons (Fsp3) is 0.188. The van der Waals surface area contributed by atoms with Gasteiger partial charge in [-0.15, -0.1) is 0 Å². The van der Waals surface area contributed by atoms with Crippen LogP contribution in [0.1, 0.15) is 27.4 Å². The number of aryl methyl sites for hydroxylation is 2. The summed E-state index contributed by atoms with van der Waals surface area (Å²) in [6.45, 7) is 4.50. The van der Waals surface area contributed by atoms with Gasteiger partial charge >= 0.3 is 0 Å². The molecule has 1 aromatic carbocycles. The molecule has 0 spiro atoms. The molecule has 5 nitrogen and oxygen atoms in total. The monoisotopic (exact) mass is 283 g/mol. The van der Waals surface area contributed by atoms with Crippen molar-refractivity contribution in [3.05, 3.63) is 59.0 Å². The number of nitrogens with one attached hydrogen (secondary N) is 1. The molecule has 2 heterocycles. The minimum Gasteiger partial charge on any atom is -0.459 e. The van der Waals surface area contributed by atoms with Gasteiger partial charge in [0, 0.05) is 18.2 Å². The molecule has 0 saturated heterocycles. The van der Waals surface area contributed by atoms with E-state index < -0.39 is 0 Å². The van der Waals surface area contributed by atoms with Crippen molar-refractivity contribution in [1.82, 2.24) is 9.99 Å².